The largest absolute Gasteiger partial charge is 0.481 e. The molecular formula is C10H18O2. The third-order valence-electron chi connectivity index (χ3n) is 2.07. The summed E-state index contributed by atoms with van der Waals surface area (Å²) >= 11 is 0. The number of hydrogen-bond acceptors (Lipinski definition) is 1. The molecule has 0 aromatic rings. The second-order valence-electron chi connectivity index (χ2n) is 3.22. The molecule has 2 heteroatoms. The molecule has 1 atom stereocenters. The molecule has 0 saturated heterocycles. The van der Waals surface area contributed by atoms with E-state index >= 15 is 0 Å². The summed E-state index contributed by atoms with van der Waals surface area (Å²) in [5, 5.41) is 8.58. The van der Waals surface area contributed by atoms with Crippen molar-refractivity contribution in [3.63, 3.8) is 0 Å². The monoisotopic (exact) mass is 170 g/mol. The molecule has 70 valence electrons. The van der Waals surface area contributed by atoms with Crippen molar-refractivity contribution in [2.45, 2.75) is 40.0 Å². The van der Waals surface area contributed by atoms with Crippen molar-refractivity contribution < 1.29 is 9.90 Å². The highest BCUT2D eigenvalue weighted by molar-refractivity contribution is 5.69. The van der Waals surface area contributed by atoms with Gasteiger partial charge in [0.1, 0.15) is 0 Å². The fourth-order valence-corrected chi connectivity index (χ4v) is 0.848. The van der Waals surface area contributed by atoms with Crippen LogP contribution >= 0.6 is 0 Å². The smallest absolute Gasteiger partial charge is 0.306 e. The van der Waals surface area contributed by atoms with E-state index in [1.807, 2.05) is 0 Å². The first-order valence-electron chi connectivity index (χ1n) is 4.46. The number of aliphatic carboxylic acids is 1. The summed E-state index contributed by atoms with van der Waals surface area (Å²) in [6, 6.07) is 0. The van der Waals surface area contributed by atoms with Gasteiger partial charge in [0.15, 0.2) is 0 Å². The molecule has 0 saturated carbocycles. The van der Waals surface area contributed by atoms with Crippen molar-refractivity contribution in [2.75, 3.05) is 0 Å². The van der Waals surface area contributed by atoms with Crippen LogP contribution in [0.25, 0.3) is 0 Å². The maximum Gasteiger partial charge on any atom is 0.306 e. The number of carboxylic acids is 1. The molecule has 0 heterocycles. The van der Waals surface area contributed by atoms with E-state index in [0.29, 0.717) is 0 Å². The molecule has 0 amide bonds. The predicted octanol–water partition coefficient (Wildman–Crippen LogP) is 2.84. The van der Waals surface area contributed by atoms with Gasteiger partial charge in [0, 0.05) is 0 Å². The first-order valence-corrected chi connectivity index (χ1v) is 4.46. The highest BCUT2D eigenvalue weighted by Crippen LogP contribution is 2.08. The second-order valence-corrected chi connectivity index (χ2v) is 3.22. The summed E-state index contributed by atoms with van der Waals surface area (Å²) in [5.74, 6) is -0.913. The number of carboxylic acid groups (broad SMARTS) is 1. The van der Waals surface area contributed by atoms with Gasteiger partial charge in [0.25, 0.3) is 0 Å². The van der Waals surface area contributed by atoms with Crippen molar-refractivity contribution >= 4 is 5.97 Å². The van der Waals surface area contributed by atoms with Crippen LogP contribution in [-0.2, 0) is 4.79 Å². The normalized spacial score (nSPS) is 14.4. The zero-order chi connectivity index (χ0) is 9.56. The SMILES string of the molecule is CC/C(C)=C/CCC(C)C(=O)O. The van der Waals surface area contributed by atoms with Crippen LogP contribution < -0.4 is 0 Å². The van der Waals surface area contributed by atoms with E-state index in [9.17, 15) is 4.79 Å². The van der Waals surface area contributed by atoms with Gasteiger partial charge in [-0.25, -0.2) is 0 Å². The molecule has 0 aliphatic rings. The van der Waals surface area contributed by atoms with Crippen molar-refractivity contribution in [2.24, 2.45) is 5.92 Å². The highest BCUT2D eigenvalue weighted by atomic mass is 16.4. The fourth-order valence-electron chi connectivity index (χ4n) is 0.848. The number of carbonyl (C=O) groups is 1. The Bertz CT molecular complexity index is 171. The lowest BCUT2D eigenvalue weighted by Crippen LogP contribution is -2.08. The third-order valence-corrected chi connectivity index (χ3v) is 2.07. The Balaban J connectivity index is 3.62. The standard InChI is InChI=1S/C10H18O2/c1-4-8(2)6-5-7-9(3)10(11)12/h6,9H,4-5,7H2,1-3H3,(H,11,12)/b8-6+. The summed E-state index contributed by atoms with van der Waals surface area (Å²) in [5.41, 5.74) is 1.34. The number of rotatable bonds is 5. The van der Waals surface area contributed by atoms with Gasteiger partial charge in [-0.15, -0.1) is 0 Å². The topological polar surface area (TPSA) is 37.3 Å². The molecule has 2 nitrogen and oxygen atoms in total. The summed E-state index contributed by atoms with van der Waals surface area (Å²) in [6.07, 6.45) is 4.81. The van der Waals surface area contributed by atoms with Crippen LogP contribution in [0.15, 0.2) is 11.6 Å². The van der Waals surface area contributed by atoms with Gasteiger partial charge >= 0.3 is 5.97 Å². The summed E-state index contributed by atoms with van der Waals surface area (Å²) < 4.78 is 0. The summed E-state index contributed by atoms with van der Waals surface area (Å²) in [6.45, 7) is 5.93. The Morgan fingerprint density at radius 1 is 1.58 bits per heavy atom. The molecule has 0 spiro atoms. The fraction of sp³-hybridized carbons (Fsp3) is 0.700. The molecule has 1 N–H and O–H groups in total. The zero-order valence-corrected chi connectivity index (χ0v) is 8.13. The lowest BCUT2D eigenvalue weighted by Gasteiger charge is -2.02. The molecule has 0 aliphatic carbocycles. The molecule has 0 fully saturated rings. The van der Waals surface area contributed by atoms with Gasteiger partial charge in [-0.05, 0) is 26.2 Å². The average molecular weight is 170 g/mol. The molecule has 0 bridgehead atoms. The van der Waals surface area contributed by atoms with Crippen LogP contribution in [0.5, 0.6) is 0 Å². The van der Waals surface area contributed by atoms with Crippen LogP contribution in [0.4, 0.5) is 0 Å². The maximum absolute atomic E-state index is 10.4. The Kier molecular flexibility index (Phi) is 5.43. The van der Waals surface area contributed by atoms with Gasteiger partial charge in [0.2, 0.25) is 0 Å². The lowest BCUT2D eigenvalue weighted by molar-refractivity contribution is -0.141. The molecular weight excluding hydrogens is 152 g/mol. The van der Waals surface area contributed by atoms with Gasteiger partial charge < -0.3 is 5.11 Å². The first kappa shape index (κ1) is 11.2. The lowest BCUT2D eigenvalue weighted by atomic mass is 10.0. The molecule has 0 aromatic carbocycles. The minimum Gasteiger partial charge on any atom is -0.481 e. The molecule has 1 unspecified atom stereocenters. The number of allylic oxidation sites excluding steroid dienone is 2. The predicted molar refractivity (Wildman–Crippen MR) is 50.1 cm³/mol. The highest BCUT2D eigenvalue weighted by Gasteiger charge is 2.08. The van der Waals surface area contributed by atoms with Crippen molar-refractivity contribution in [3.8, 4) is 0 Å². The van der Waals surface area contributed by atoms with Crippen LogP contribution in [0.2, 0.25) is 0 Å². The van der Waals surface area contributed by atoms with Crippen molar-refractivity contribution in [1.29, 1.82) is 0 Å². The summed E-state index contributed by atoms with van der Waals surface area (Å²) in [7, 11) is 0. The van der Waals surface area contributed by atoms with Gasteiger partial charge in [0.05, 0.1) is 5.92 Å². The Morgan fingerprint density at radius 2 is 2.17 bits per heavy atom. The second kappa shape index (κ2) is 5.81. The van der Waals surface area contributed by atoms with E-state index in [1.54, 1.807) is 6.92 Å². The molecule has 0 rings (SSSR count). The first-order chi connectivity index (χ1) is 5.57. The zero-order valence-electron chi connectivity index (χ0n) is 8.13. The van der Waals surface area contributed by atoms with E-state index in [1.165, 1.54) is 5.57 Å². The van der Waals surface area contributed by atoms with Gasteiger partial charge in [-0.2, -0.15) is 0 Å². The maximum atomic E-state index is 10.4. The van der Waals surface area contributed by atoms with Crippen LogP contribution in [0.3, 0.4) is 0 Å². The molecule has 0 aliphatic heterocycles. The van der Waals surface area contributed by atoms with Gasteiger partial charge in [-0.3, -0.25) is 4.79 Å². The van der Waals surface area contributed by atoms with E-state index in [4.69, 9.17) is 5.11 Å². The average Bonchev–Trinajstić information content (AvgIpc) is 2.03. The van der Waals surface area contributed by atoms with Gasteiger partial charge in [-0.1, -0.05) is 25.5 Å². The Morgan fingerprint density at radius 3 is 2.58 bits per heavy atom. The molecule has 12 heavy (non-hydrogen) atoms. The molecule has 0 aromatic heterocycles. The third kappa shape index (κ3) is 4.94. The van der Waals surface area contributed by atoms with E-state index in [0.717, 1.165) is 19.3 Å². The minimum absolute atomic E-state index is 0.217. The van der Waals surface area contributed by atoms with Crippen LogP contribution in [0.1, 0.15) is 40.0 Å². The quantitative estimate of drug-likeness (QED) is 0.644. The van der Waals surface area contributed by atoms with E-state index < -0.39 is 5.97 Å². The van der Waals surface area contributed by atoms with Crippen LogP contribution in [0, 0.1) is 5.92 Å². The Hall–Kier alpha value is -0.790. The Labute approximate surface area is 74.3 Å². The van der Waals surface area contributed by atoms with E-state index in [-0.39, 0.29) is 5.92 Å². The van der Waals surface area contributed by atoms with Crippen LogP contribution in [-0.4, -0.2) is 11.1 Å². The van der Waals surface area contributed by atoms with Crippen molar-refractivity contribution in [3.05, 3.63) is 11.6 Å². The summed E-state index contributed by atoms with van der Waals surface area (Å²) in [4.78, 5) is 10.4. The number of hydrogen-bond donors (Lipinski definition) is 1. The molecule has 0 radical (unpaired) electrons. The van der Waals surface area contributed by atoms with Crippen molar-refractivity contribution in [1.82, 2.24) is 0 Å². The van der Waals surface area contributed by atoms with E-state index in [2.05, 4.69) is 19.9 Å². The minimum atomic E-state index is -0.697.